The second-order valence-electron chi connectivity index (χ2n) is 5.93. The van der Waals surface area contributed by atoms with Crippen LogP contribution in [0.15, 0.2) is 30.3 Å². The maximum Gasteiger partial charge on any atom is 0.408 e. The Labute approximate surface area is 124 Å². The van der Waals surface area contributed by atoms with Gasteiger partial charge in [-0.05, 0) is 31.2 Å². The van der Waals surface area contributed by atoms with Crippen molar-refractivity contribution in [2.45, 2.75) is 49.9 Å². The van der Waals surface area contributed by atoms with E-state index in [4.69, 9.17) is 4.74 Å². The van der Waals surface area contributed by atoms with Gasteiger partial charge < -0.3 is 15.4 Å². The first-order valence-corrected chi connectivity index (χ1v) is 7.35. The molecule has 1 amide bonds. The second-order valence-corrected chi connectivity index (χ2v) is 5.93. The Morgan fingerprint density at radius 1 is 1.33 bits per heavy atom. The van der Waals surface area contributed by atoms with E-state index >= 15 is 0 Å². The van der Waals surface area contributed by atoms with Gasteiger partial charge >= 0.3 is 6.09 Å². The van der Waals surface area contributed by atoms with Crippen LogP contribution in [-0.4, -0.2) is 23.7 Å². The van der Waals surface area contributed by atoms with Crippen molar-refractivity contribution < 1.29 is 9.53 Å². The van der Waals surface area contributed by atoms with Crippen LogP contribution in [0.25, 0.3) is 0 Å². The lowest BCUT2D eigenvalue weighted by Crippen LogP contribution is -2.57. The third-order valence-corrected chi connectivity index (χ3v) is 4.29. The minimum absolute atomic E-state index is 0.222. The minimum atomic E-state index is -0.787. The number of carbonyl (C=O) groups excluding carboxylic acids is 1. The summed E-state index contributed by atoms with van der Waals surface area (Å²) in [6.45, 7) is 0.222. The molecule has 0 aliphatic carbocycles. The molecule has 2 heterocycles. The normalized spacial score (nSPS) is 30.4. The van der Waals surface area contributed by atoms with Gasteiger partial charge in [-0.2, -0.15) is 5.26 Å². The summed E-state index contributed by atoms with van der Waals surface area (Å²) >= 11 is 0. The van der Waals surface area contributed by atoms with E-state index < -0.39 is 11.6 Å². The predicted octanol–water partition coefficient (Wildman–Crippen LogP) is 2.09. The fourth-order valence-corrected chi connectivity index (χ4v) is 3.32. The van der Waals surface area contributed by atoms with Crippen molar-refractivity contribution in [3.8, 4) is 6.07 Å². The zero-order valence-corrected chi connectivity index (χ0v) is 11.8. The molecule has 5 nitrogen and oxygen atoms in total. The molecule has 2 fully saturated rings. The Hall–Kier alpha value is -2.06. The number of ether oxygens (including phenoxy) is 1. The van der Waals surface area contributed by atoms with Crippen molar-refractivity contribution in [3.05, 3.63) is 35.9 Å². The first-order valence-electron chi connectivity index (χ1n) is 7.35. The van der Waals surface area contributed by atoms with Gasteiger partial charge in [-0.3, -0.25) is 0 Å². The number of piperidine rings is 1. The van der Waals surface area contributed by atoms with Gasteiger partial charge in [0.2, 0.25) is 0 Å². The number of benzene rings is 1. The molecule has 2 aliphatic rings. The van der Waals surface area contributed by atoms with Crippen molar-refractivity contribution >= 4 is 6.09 Å². The monoisotopic (exact) mass is 285 g/mol. The summed E-state index contributed by atoms with van der Waals surface area (Å²) in [6, 6.07) is 12.5. The number of hydrogen-bond acceptors (Lipinski definition) is 4. The maximum atomic E-state index is 12.0. The summed E-state index contributed by atoms with van der Waals surface area (Å²) in [5.41, 5.74) is 0.147. The van der Waals surface area contributed by atoms with E-state index in [0.717, 1.165) is 18.4 Å². The number of nitriles is 1. The van der Waals surface area contributed by atoms with Crippen molar-refractivity contribution in [2.75, 3.05) is 0 Å². The summed E-state index contributed by atoms with van der Waals surface area (Å²) in [6.07, 6.45) is 2.95. The smallest absolute Gasteiger partial charge is 0.408 e. The maximum absolute atomic E-state index is 12.0. The van der Waals surface area contributed by atoms with Crippen LogP contribution in [0.5, 0.6) is 0 Å². The fraction of sp³-hybridized carbons (Fsp3) is 0.500. The number of amides is 1. The van der Waals surface area contributed by atoms with Crippen molar-refractivity contribution in [1.29, 1.82) is 5.26 Å². The fourth-order valence-electron chi connectivity index (χ4n) is 3.32. The molecule has 0 aromatic heterocycles. The Balaban J connectivity index is 1.57. The molecule has 2 N–H and O–H groups in total. The van der Waals surface area contributed by atoms with Gasteiger partial charge in [-0.25, -0.2) is 4.79 Å². The molecular weight excluding hydrogens is 266 g/mol. The van der Waals surface area contributed by atoms with Crippen LogP contribution in [0.3, 0.4) is 0 Å². The standard InChI is InChI=1S/C16H19N3O2/c17-11-16(8-13-6-7-14(9-16)18-13)19-15(20)21-10-12-4-2-1-3-5-12/h1-5,13-14,18H,6-10H2,(H,19,20). The van der Waals surface area contributed by atoms with Gasteiger partial charge in [-0.15, -0.1) is 0 Å². The Morgan fingerprint density at radius 3 is 2.62 bits per heavy atom. The molecule has 2 saturated heterocycles. The summed E-state index contributed by atoms with van der Waals surface area (Å²) in [7, 11) is 0. The third kappa shape index (κ3) is 3.17. The van der Waals surface area contributed by atoms with Crippen molar-refractivity contribution in [2.24, 2.45) is 0 Å². The number of rotatable bonds is 3. The first kappa shape index (κ1) is 13.9. The van der Waals surface area contributed by atoms with E-state index in [-0.39, 0.29) is 6.61 Å². The quantitative estimate of drug-likeness (QED) is 0.891. The lowest BCUT2D eigenvalue weighted by Gasteiger charge is -2.36. The highest BCUT2D eigenvalue weighted by Gasteiger charge is 2.45. The zero-order valence-electron chi connectivity index (χ0n) is 11.8. The zero-order chi connectivity index (χ0) is 14.7. The minimum Gasteiger partial charge on any atom is -0.445 e. The summed E-state index contributed by atoms with van der Waals surface area (Å²) in [4.78, 5) is 12.0. The van der Waals surface area contributed by atoms with E-state index in [2.05, 4.69) is 16.7 Å². The van der Waals surface area contributed by atoms with Crippen LogP contribution in [0, 0.1) is 11.3 Å². The van der Waals surface area contributed by atoms with Crippen LogP contribution >= 0.6 is 0 Å². The molecule has 110 valence electrons. The van der Waals surface area contributed by atoms with E-state index in [0.29, 0.717) is 24.9 Å². The second kappa shape index (κ2) is 5.74. The lowest BCUT2D eigenvalue weighted by molar-refractivity contribution is 0.124. The molecule has 0 radical (unpaired) electrons. The molecule has 2 unspecified atom stereocenters. The van der Waals surface area contributed by atoms with Gasteiger partial charge in [0.05, 0.1) is 6.07 Å². The number of nitrogens with zero attached hydrogens (tertiary/aromatic N) is 1. The van der Waals surface area contributed by atoms with Gasteiger partial charge in [-0.1, -0.05) is 30.3 Å². The number of hydrogen-bond donors (Lipinski definition) is 2. The molecule has 3 rings (SSSR count). The highest BCUT2D eigenvalue weighted by Crippen LogP contribution is 2.33. The molecule has 1 aromatic carbocycles. The van der Waals surface area contributed by atoms with E-state index in [1.54, 1.807) is 0 Å². The third-order valence-electron chi connectivity index (χ3n) is 4.29. The molecular formula is C16H19N3O2. The molecule has 2 atom stereocenters. The van der Waals surface area contributed by atoms with E-state index in [9.17, 15) is 10.1 Å². The average molecular weight is 285 g/mol. The molecule has 1 aromatic rings. The SMILES string of the molecule is N#CC1(NC(=O)OCc2ccccc2)CC2CCC(C1)N2. The van der Waals surface area contributed by atoms with Gasteiger partial charge in [0, 0.05) is 12.1 Å². The van der Waals surface area contributed by atoms with Crippen LogP contribution in [0.2, 0.25) is 0 Å². The first-order chi connectivity index (χ1) is 10.2. The van der Waals surface area contributed by atoms with E-state index in [1.807, 2.05) is 30.3 Å². The van der Waals surface area contributed by atoms with Gasteiger partial charge in [0.15, 0.2) is 0 Å². The summed E-state index contributed by atoms with van der Waals surface area (Å²) < 4.78 is 5.23. The van der Waals surface area contributed by atoms with Crippen LogP contribution in [0.1, 0.15) is 31.2 Å². The molecule has 0 saturated carbocycles. The number of fused-ring (bicyclic) bond motifs is 2. The molecule has 0 spiro atoms. The molecule has 5 heteroatoms. The van der Waals surface area contributed by atoms with Crippen molar-refractivity contribution in [1.82, 2.24) is 10.6 Å². The lowest BCUT2D eigenvalue weighted by atomic mass is 9.85. The highest BCUT2D eigenvalue weighted by molar-refractivity contribution is 5.69. The summed E-state index contributed by atoms with van der Waals surface area (Å²) in [5.74, 6) is 0. The predicted molar refractivity (Wildman–Crippen MR) is 77.3 cm³/mol. The number of carbonyl (C=O) groups is 1. The summed E-state index contributed by atoms with van der Waals surface area (Å²) in [5, 5.41) is 15.7. The van der Waals surface area contributed by atoms with Crippen LogP contribution in [-0.2, 0) is 11.3 Å². The largest absolute Gasteiger partial charge is 0.445 e. The Bertz CT molecular complexity index is 540. The van der Waals surface area contributed by atoms with Gasteiger partial charge in [0.25, 0.3) is 0 Å². The van der Waals surface area contributed by atoms with Crippen LogP contribution < -0.4 is 10.6 Å². The Kier molecular flexibility index (Phi) is 3.80. The molecule has 2 bridgehead atoms. The number of alkyl carbamates (subject to hydrolysis) is 1. The Morgan fingerprint density at radius 2 is 2.00 bits per heavy atom. The highest BCUT2D eigenvalue weighted by atomic mass is 16.5. The van der Waals surface area contributed by atoms with Crippen LogP contribution in [0.4, 0.5) is 4.79 Å². The average Bonchev–Trinajstić information content (AvgIpc) is 2.86. The van der Waals surface area contributed by atoms with E-state index in [1.165, 1.54) is 0 Å². The number of nitrogens with one attached hydrogen (secondary N) is 2. The topological polar surface area (TPSA) is 74.2 Å². The molecule has 2 aliphatic heterocycles. The van der Waals surface area contributed by atoms with Crippen molar-refractivity contribution in [3.63, 3.8) is 0 Å². The molecule has 21 heavy (non-hydrogen) atoms. The van der Waals surface area contributed by atoms with Gasteiger partial charge in [0.1, 0.15) is 12.1 Å².